The fraction of sp³-hybridized carbons (Fsp3) is 0.444. The number of nitrogens with zero attached hydrogens (tertiary/aromatic N) is 4. The number of amides is 1. The molecule has 1 aliphatic rings. The maximum Gasteiger partial charge on any atom is 0.323 e. The molecule has 194 valence electrons. The van der Waals surface area contributed by atoms with Crippen LogP contribution in [0.15, 0.2) is 29.3 Å². The fourth-order valence-electron chi connectivity index (χ4n) is 3.85. The van der Waals surface area contributed by atoms with Crippen molar-refractivity contribution in [3.63, 3.8) is 0 Å². The summed E-state index contributed by atoms with van der Waals surface area (Å²) >= 11 is 1.44. The van der Waals surface area contributed by atoms with E-state index >= 15 is 0 Å². The molecule has 1 aromatic carbocycles. The molecule has 0 aliphatic carbocycles. The van der Waals surface area contributed by atoms with Gasteiger partial charge in [0.05, 0.1) is 24.2 Å². The number of nitriles is 2. The highest BCUT2D eigenvalue weighted by Gasteiger charge is 2.35. The molecule has 2 aromatic rings. The van der Waals surface area contributed by atoms with Crippen LogP contribution in [0.4, 0.5) is 5.82 Å². The predicted octanol–water partition coefficient (Wildman–Crippen LogP) is 3.03. The topological polar surface area (TPSA) is 145 Å². The average Bonchev–Trinajstić information content (AvgIpc) is 2.86. The number of pyridine rings is 1. The summed E-state index contributed by atoms with van der Waals surface area (Å²) in [6.45, 7) is 8.42. The van der Waals surface area contributed by atoms with Gasteiger partial charge >= 0.3 is 5.97 Å². The minimum absolute atomic E-state index is 0.0193. The van der Waals surface area contributed by atoms with E-state index in [-0.39, 0.29) is 17.9 Å². The monoisotopic (exact) mass is 520 g/mol. The lowest BCUT2D eigenvalue weighted by molar-refractivity contribution is -0.152. The first-order valence-electron chi connectivity index (χ1n) is 12.2. The van der Waals surface area contributed by atoms with Crippen LogP contribution >= 0.6 is 11.8 Å². The maximum atomic E-state index is 12.2. The minimum atomic E-state index is -0.675. The third kappa shape index (κ3) is 6.79. The highest BCUT2D eigenvalue weighted by Crippen LogP contribution is 2.35. The molecular weight excluding hydrogens is 488 g/mol. The van der Waals surface area contributed by atoms with E-state index in [0.29, 0.717) is 59.3 Å². The van der Waals surface area contributed by atoms with Gasteiger partial charge < -0.3 is 20.7 Å². The Hall–Kier alpha value is -3.60. The van der Waals surface area contributed by atoms with Gasteiger partial charge in [-0.25, -0.2) is 4.98 Å². The lowest BCUT2D eigenvalue weighted by atomic mass is 10.0. The first-order valence-corrected chi connectivity index (χ1v) is 13.2. The summed E-state index contributed by atoms with van der Waals surface area (Å²) in [5.41, 5.74) is 9.41. The Balaban J connectivity index is 1.77. The summed E-state index contributed by atoms with van der Waals surface area (Å²) in [4.78, 5) is 30.0. The molecule has 1 atom stereocenters. The van der Waals surface area contributed by atoms with Crippen LogP contribution in [0.1, 0.15) is 55.5 Å². The van der Waals surface area contributed by atoms with Crippen LogP contribution in [-0.2, 0) is 33.0 Å². The van der Waals surface area contributed by atoms with E-state index in [9.17, 15) is 20.1 Å². The number of thioether (sulfide) groups is 1. The van der Waals surface area contributed by atoms with Gasteiger partial charge in [0.2, 0.25) is 5.91 Å². The number of carbonyl (C=O) groups excluding carboxylic acids is 2. The van der Waals surface area contributed by atoms with Gasteiger partial charge in [-0.05, 0) is 29.0 Å². The van der Waals surface area contributed by atoms with Gasteiger partial charge in [-0.1, -0.05) is 45.0 Å². The number of nitrogens with one attached hydrogen (secondary N) is 1. The van der Waals surface area contributed by atoms with Crippen molar-refractivity contribution in [1.29, 1.82) is 10.5 Å². The number of esters is 1. The van der Waals surface area contributed by atoms with E-state index in [2.05, 4.69) is 17.5 Å². The van der Waals surface area contributed by atoms with Gasteiger partial charge in [0.15, 0.2) is 0 Å². The number of nitrogens with two attached hydrogens (primary N) is 1. The van der Waals surface area contributed by atoms with Gasteiger partial charge in [-0.2, -0.15) is 10.5 Å². The van der Waals surface area contributed by atoms with Gasteiger partial charge in [0, 0.05) is 19.2 Å². The summed E-state index contributed by atoms with van der Waals surface area (Å²) in [6, 6.07) is 11.7. The standard InChI is InChI=1S/C27H32N6O3S/c1-5-21-22(10-28)25(33-13-20(14-33)36-27(35)24(30)16(2)3)32-26(23(21)11-29)37-15-19-8-6-18(7-9-19)12-31-17(4)34/h6-9,16,20,24H,5,12-15,30H2,1-4H3,(H,31,34). The lowest BCUT2D eigenvalue weighted by Gasteiger charge is -2.40. The molecule has 3 N–H and O–H groups in total. The van der Waals surface area contributed by atoms with Crippen LogP contribution in [0, 0.1) is 28.6 Å². The summed E-state index contributed by atoms with van der Waals surface area (Å²) in [5.74, 6) is 0.566. The molecule has 1 aliphatic heterocycles. The van der Waals surface area contributed by atoms with E-state index in [0.717, 1.165) is 11.1 Å². The van der Waals surface area contributed by atoms with E-state index in [4.69, 9.17) is 15.5 Å². The van der Waals surface area contributed by atoms with Crippen molar-refractivity contribution < 1.29 is 14.3 Å². The Labute approximate surface area is 222 Å². The zero-order valence-electron chi connectivity index (χ0n) is 21.6. The number of hydrogen-bond acceptors (Lipinski definition) is 9. The first kappa shape index (κ1) is 28.0. The van der Waals surface area contributed by atoms with Gasteiger partial charge in [-0.3, -0.25) is 9.59 Å². The van der Waals surface area contributed by atoms with Crippen molar-refractivity contribution in [1.82, 2.24) is 10.3 Å². The van der Waals surface area contributed by atoms with Crippen molar-refractivity contribution in [3.8, 4) is 12.1 Å². The number of ether oxygens (including phenoxy) is 1. The molecule has 0 spiro atoms. The average molecular weight is 521 g/mol. The number of carbonyl (C=O) groups is 2. The molecule has 1 aromatic heterocycles. The Morgan fingerprint density at radius 2 is 1.81 bits per heavy atom. The van der Waals surface area contributed by atoms with Gasteiger partial charge in [0.1, 0.15) is 35.1 Å². The maximum absolute atomic E-state index is 12.2. The molecule has 37 heavy (non-hydrogen) atoms. The second kappa shape index (κ2) is 12.6. The van der Waals surface area contributed by atoms with Crippen LogP contribution in [-0.4, -0.2) is 42.1 Å². The van der Waals surface area contributed by atoms with E-state index < -0.39 is 12.0 Å². The molecule has 0 radical (unpaired) electrons. The number of aromatic nitrogens is 1. The Bertz CT molecular complexity index is 1230. The summed E-state index contributed by atoms with van der Waals surface area (Å²) in [5, 5.41) is 23.1. The quantitative estimate of drug-likeness (QED) is 0.356. The molecule has 2 heterocycles. The van der Waals surface area contributed by atoms with E-state index in [1.807, 2.05) is 49.9 Å². The third-order valence-electron chi connectivity index (χ3n) is 6.19. The van der Waals surface area contributed by atoms with Crippen LogP contribution in [0.2, 0.25) is 0 Å². The summed E-state index contributed by atoms with van der Waals surface area (Å²) < 4.78 is 5.51. The number of rotatable bonds is 10. The summed E-state index contributed by atoms with van der Waals surface area (Å²) in [7, 11) is 0. The molecular formula is C27H32N6O3S. The molecule has 10 heteroatoms. The first-order chi connectivity index (χ1) is 17.7. The lowest BCUT2D eigenvalue weighted by Crippen LogP contribution is -2.55. The second-order valence-electron chi connectivity index (χ2n) is 9.29. The van der Waals surface area contributed by atoms with E-state index in [1.165, 1.54) is 18.7 Å². The van der Waals surface area contributed by atoms with Crippen molar-refractivity contribution in [3.05, 3.63) is 52.1 Å². The van der Waals surface area contributed by atoms with Crippen LogP contribution in [0.3, 0.4) is 0 Å². The zero-order valence-corrected chi connectivity index (χ0v) is 22.4. The van der Waals surface area contributed by atoms with Crippen LogP contribution < -0.4 is 16.0 Å². The molecule has 0 saturated carbocycles. The van der Waals surface area contributed by atoms with Crippen LogP contribution in [0.25, 0.3) is 0 Å². The number of hydrogen-bond donors (Lipinski definition) is 2. The molecule has 3 rings (SSSR count). The smallest absolute Gasteiger partial charge is 0.323 e. The summed E-state index contributed by atoms with van der Waals surface area (Å²) in [6.07, 6.45) is 0.195. The third-order valence-corrected chi connectivity index (χ3v) is 7.23. The Kier molecular flexibility index (Phi) is 9.51. The molecule has 1 unspecified atom stereocenters. The predicted molar refractivity (Wildman–Crippen MR) is 141 cm³/mol. The van der Waals surface area contributed by atoms with Crippen molar-refractivity contribution >= 4 is 29.5 Å². The molecule has 1 amide bonds. The molecule has 9 nitrogen and oxygen atoms in total. The van der Waals surface area contributed by atoms with Crippen molar-refractivity contribution in [2.75, 3.05) is 18.0 Å². The van der Waals surface area contributed by atoms with Crippen molar-refractivity contribution in [2.45, 2.75) is 63.6 Å². The zero-order chi connectivity index (χ0) is 27.1. The highest BCUT2D eigenvalue weighted by atomic mass is 32.2. The molecule has 0 bridgehead atoms. The fourth-order valence-corrected chi connectivity index (χ4v) is 4.81. The van der Waals surface area contributed by atoms with Crippen molar-refractivity contribution in [2.24, 2.45) is 11.7 Å². The van der Waals surface area contributed by atoms with Gasteiger partial charge in [0.25, 0.3) is 0 Å². The van der Waals surface area contributed by atoms with Gasteiger partial charge in [-0.15, -0.1) is 11.8 Å². The normalized spacial score (nSPS) is 13.9. The number of anilines is 1. The minimum Gasteiger partial charge on any atom is -0.457 e. The molecule has 1 saturated heterocycles. The Morgan fingerprint density at radius 3 is 2.35 bits per heavy atom. The Morgan fingerprint density at radius 1 is 1.19 bits per heavy atom. The number of benzene rings is 1. The molecule has 1 fully saturated rings. The van der Waals surface area contributed by atoms with E-state index in [1.54, 1.807) is 0 Å². The highest BCUT2D eigenvalue weighted by molar-refractivity contribution is 7.98. The SMILES string of the molecule is CCc1c(C#N)c(SCc2ccc(CNC(C)=O)cc2)nc(N2CC(OC(=O)C(N)C(C)C)C2)c1C#N. The second-order valence-corrected chi connectivity index (χ2v) is 10.3. The largest absolute Gasteiger partial charge is 0.457 e. The van der Waals surface area contributed by atoms with Crippen LogP contribution in [0.5, 0.6) is 0 Å².